The van der Waals surface area contributed by atoms with Crippen molar-refractivity contribution in [2.75, 3.05) is 0 Å². The Morgan fingerprint density at radius 3 is 2.24 bits per heavy atom. The summed E-state index contributed by atoms with van der Waals surface area (Å²) in [5.74, 6) is -0.609. The number of nitrogens with one attached hydrogen (secondary N) is 2. The predicted octanol–water partition coefficient (Wildman–Crippen LogP) is 3.68. The van der Waals surface area contributed by atoms with Gasteiger partial charge in [-0.25, -0.2) is 4.98 Å². The number of benzene rings is 3. The molecule has 1 atom stereocenters. The number of aromatic amines is 1. The monoisotopic (exact) mass is 489 g/mol. The minimum Gasteiger partial charge on any atom is -0.368 e. The molecule has 0 aliphatic carbocycles. The highest BCUT2D eigenvalue weighted by molar-refractivity contribution is 6.09. The molecule has 3 aromatic carbocycles. The average Bonchev–Trinajstić information content (AvgIpc) is 3.38. The number of aromatic nitrogens is 3. The van der Waals surface area contributed by atoms with Gasteiger partial charge in [0, 0.05) is 35.5 Å². The number of hydrogen-bond donors (Lipinski definition) is 3. The molecule has 8 heteroatoms. The maximum Gasteiger partial charge on any atom is 0.254 e. The fraction of sp³-hybridized carbons (Fsp3) is 0.0690. The van der Waals surface area contributed by atoms with E-state index < -0.39 is 17.9 Å². The highest BCUT2D eigenvalue weighted by Gasteiger charge is 2.22. The normalized spacial score (nSPS) is 11.7. The number of ketones is 1. The maximum absolute atomic E-state index is 13.2. The van der Waals surface area contributed by atoms with Crippen LogP contribution in [0.25, 0.3) is 22.4 Å². The van der Waals surface area contributed by atoms with Crippen LogP contribution in [0.1, 0.15) is 31.8 Å². The van der Waals surface area contributed by atoms with E-state index in [9.17, 15) is 14.4 Å². The van der Waals surface area contributed by atoms with Crippen molar-refractivity contribution in [1.82, 2.24) is 20.3 Å². The molecule has 0 spiro atoms. The molecule has 4 N–H and O–H groups in total. The first-order chi connectivity index (χ1) is 18.0. The number of amides is 2. The first-order valence-corrected chi connectivity index (χ1v) is 11.7. The largest absolute Gasteiger partial charge is 0.368 e. The molecule has 0 saturated carbocycles. The van der Waals surface area contributed by atoms with Crippen LogP contribution in [0.2, 0.25) is 0 Å². The Balaban J connectivity index is 1.33. The Morgan fingerprint density at radius 1 is 0.838 bits per heavy atom. The Labute approximate surface area is 212 Å². The topological polar surface area (TPSA) is 131 Å². The number of carbonyl (C=O) groups is 3. The van der Waals surface area contributed by atoms with Crippen LogP contribution in [0.15, 0.2) is 97.3 Å². The molecule has 0 radical (unpaired) electrons. The number of imidazole rings is 1. The lowest BCUT2D eigenvalue weighted by Gasteiger charge is -2.16. The summed E-state index contributed by atoms with van der Waals surface area (Å²) in [6.07, 6.45) is 3.51. The second-order valence-corrected chi connectivity index (χ2v) is 8.55. The van der Waals surface area contributed by atoms with Crippen molar-refractivity contribution in [2.45, 2.75) is 12.5 Å². The van der Waals surface area contributed by atoms with Crippen LogP contribution in [-0.4, -0.2) is 38.6 Å². The number of carbonyl (C=O) groups excluding carboxylic acids is 3. The summed E-state index contributed by atoms with van der Waals surface area (Å²) in [6.45, 7) is 0. The second kappa shape index (κ2) is 10.2. The molecule has 37 heavy (non-hydrogen) atoms. The van der Waals surface area contributed by atoms with E-state index in [1.54, 1.807) is 60.9 Å². The molecule has 5 aromatic rings. The highest BCUT2D eigenvalue weighted by Crippen LogP contribution is 2.23. The van der Waals surface area contributed by atoms with Gasteiger partial charge in [0.15, 0.2) is 5.78 Å². The highest BCUT2D eigenvalue weighted by atomic mass is 16.2. The van der Waals surface area contributed by atoms with Gasteiger partial charge >= 0.3 is 0 Å². The van der Waals surface area contributed by atoms with Crippen LogP contribution in [0.3, 0.4) is 0 Å². The van der Waals surface area contributed by atoms with E-state index in [2.05, 4.69) is 20.3 Å². The quantitative estimate of drug-likeness (QED) is 0.286. The van der Waals surface area contributed by atoms with Crippen molar-refractivity contribution in [1.29, 1.82) is 0 Å². The van der Waals surface area contributed by atoms with E-state index in [-0.39, 0.29) is 12.2 Å². The molecule has 8 nitrogen and oxygen atoms in total. The molecule has 0 fully saturated rings. The van der Waals surface area contributed by atoms with Gasteiger partial charge in [-0.05, 0) is 29.8 Å². The van der Waals surface area contributed by atoms with Gasteiger partial charge in [-0.15, -0.1) is 0 Å². The van der Waals surface area contributed by atoms with Crippen molar-refractivity contribution in [3.05, 3.63) is 120 Å². The third-order valence-electron chi connectivity index (χ3n) is 6.05. The van der Waals surface area contributed by atoms with E-state index in [4.69, 9.17) is 5.73 Å². The summed E-state index contributed by atoms with van der Waals surface area (Å²) < 4.78 is 0. The molecule has 0 aliphatic rings. The predicted molar refractivity (Wildman–Crippen MR) is 140 cm³/mol. The van der Waals surface area contributed by atoms with Gasteiger partial charge in [0.25, 0.3) is 5.91 Å². The van der Waals surface area contributed by atoms with Crippen molar-refractivity contribution in [2.24, 2.45) is 5.73 Å². The fourth-order valence-electron chi connectivity index (χ4n) is 4.10. The number of para-hydroxylation sites is 1. The lowest BCUT2D eigenvalue weighted by atomic mass is 9.99. The van der Waals surface area contributed by atoms with Crippen molar-refractivity contribution < 1.29 is 14.4 Å². The number of pyridine rings is 1. The van der Waals surface area contributed by atoms with Crippen LogP contribution in [0.4, 0.5) is 0 Å². The van der Waals surface area contributed by atoms with Crippen LogP contribution in [0.5, 0.6) is 0 Å². The van der Waals surface area contributed by atoms with Crippen molar-refractivity contribution >= 4 is 28.6 Å². The minimum absolute atomic E-state index is 0.0925. The molecular formula is C29H23N5O3. The van der Waals surface area contributed by atoms with Crippen molar-refractivity contribution in [3.8, 4) is 11.4 Å². The molecule has 2 heterocycles. The van der Waals surface area contributed by atoms with Crippen LogP contribution >= 0.6 is 0 Å². The van der Waals surface area contributed by atoms with Gasteiger partial charge in [0.05, 0.1) is 11.1 Å². The molecule has 182 valence electrons. The Hall–Kier alpha value is -5.11. The SMILES string of the molecule is NC(=O)[C@@H](Cc1ccc(C(=O)c2ccccc2)cc1)NC(=O)c1cccc2[nH]c(-c3ccncc3)nc12. The molecular weight excluding hydrogens is 466 g/mol. The molecule has 0 aliphatic heterocycles. The first kappa shape index (κ1) is 23.6. The molecule has 0 saturated heterocycles. The Bertz CT molecular complexity index is 1580. The summed E-state index contributed by atoms with van der Waals surface area (Å²) >= 11 is 0. The Morgan fingerprint density at radius 2 is 1.54 bits per heavy atom. The van der Waals surface area contributed by atoms with Gasteiger partial charge in [0.1, 0.15) is 17.4 Å². The smallest absolute Gasteiger partial charge is 0.254 e. The van der Waals surface area contributed by atoms with Gasteiger partial charge in [-0.1, -0.05) is 60.7 Å². The molecule has 0 unspecified atom stereocenters. The number of H-pyrrole nitrogens is 1. The summed E-state index contributed by atoms with van der Waals surface area (Å²) in [5, 5.41) is 2.74. The lowest BCUT2D eigenvalue weighted by molar-refractivity contribution is -0.119. The van der Waals surface area contributed by atoms with Gasteiger partial charge in [0.2, 0.25) is 5.91 Å². The van der Waals surface area contributed by atoms with E-state index in [0.29, 0.717) is 33.5 Å². The van der Waals surface area contributed by atoms with Crippen LogP contribution < -0.4 is 11.1 Å². The zero-order valence-corrected chi connectivity index (χ0v) is 19.7. The number of fused-ring (bicyclic) bond motifs is 1. The lowest BCUT2D eigenvalue weighted by Crippen LogP contribution is -2.45. The number of nitrogens with two attached hydrogens (primary N) is 1. The van der Waals surface area contributed by atoms with Crippen LogP contribution in [-0.2, 0) is 11.2 Å². The zero-order chi connectivity index (χ0) is 25.8. The molecule has 2 amide bonds. The minimum atomic E-state index is -0.947. The van der Waals surface area contributed by atoms with E-state index in [0.717, 1.165) is 11.1 Å². The average molecular weight is 490 g/mol. The first-order valence-electron chi connectivity index (χ1n) is 11.7. The summed E-state index contributed by atoms with van der Waals surface area (Å²) in [5.41, 5.74) is 9.84. The van der Waals surface area contributed by atoms with Crippen molar-refractivity contribution in [3.63, 3.8) is 0 Å². The molecule has 5 rings (SSSR count). The summed E-state index contributed by atoms with van der Waals surface area (Å²) in [4.78, 5) is 49.9. The third kappa shape index (κ3) is 5.13. The third-order valence-corrected chi connectivity index (χ3v) is 6.05. The van der Waals surface area contributed by atoms with Gasteiger partial charge in [-0.2, -0.15) is 0 Å². The van der Waals surface area contributed by atoms with Gasteiger partial charge < -0.3 is 16.0 Å². The Kier molecular flexibility index (Phi) is 6.54. The zero-order valence-electron chi connectivity index (χ0n) is 19.7. The number of rotatable bonds is 8. The van der Waals surface area contributed by atoms with Crippen LogP contribution in [0, 0.1) is 0 Å². The summed E-state index contributed by atoms with van der Waals surface area (Å²) in [6, 6.07) is 23.8. The molecule has 2 aromatic heterocycles. The number of primary amides is 1. The number of nitrogens with zero attached hydrogens (tertiary/aromatic N) is 2. The summed E-state index contributed by atoms with van der Waals surface area (Å²) in [7, 11) is 0. The fourth-order valence-corrected chi connectivity index (χ4v) is 4.10. The maximum atomic E-state index is 13.2. The van der Waals surface area contributed by atoms with E-state index in [1.165, 1.54) is 0 Å². The number of hydrogen-bond acceptors (Lipinski definition) is 5. The van der Waals surface area contributed by atoms with E-state index in [1.807, 2.05) is 36.4 Å². The standard InChI is InChI=1S/C29H23N5O3/c30-27(36)24(17-18-9-11-20(12-10-18)26(35)19-5-2-1-3-6-19)33-29(37)22-7-4-8-23-25(22)34-28(32-23)21-13-15-31-16-14-21/h1-16,24H,17H2,(H2,30,36)(H,32,34)(H,33,37)/t24-/m1/s1. The van der Waals surface area contributed by atoms with Gasteiger partial charge in [-0.3, -0.25) is 19.4 Å². The second-order valence-electron chi connectivity index (χ2n) is 8.55. The van der Waals surface area contributed by atoms with E-state index >= 15 is 0 Å². The molecule has 0 bridgehead atoms.